The molecule has 0 spiro atoms. The molecule has 1 aliphatic rings. The fourth-order valence-electron chi connectivity index (χ4n) is 2.61. The zero-order chi connectivity index (χ0) is 16.3. The number of para-hydroxylation sites is 1. The van der Waals surface area contributed by atoms with Crippen LogP contribution in [0.5, 0.6) is 5.75 Å². The highest BCUT2D eigenvalue weighted by atomic mass is 32.2. The van der Waals surface area contributed by atoms with Crippen molar-refractivity contribution in [2.45, 2.75) is 24.3 Å². The molecule has 0 atom stereocenters. The van der Waals surface area contributed by atoms with Crippen molar-refractivity contribution < 1.29 is 17.9 Å². The Hall–Kier alpha value is -2.34. The lowest BCUT2D eigenvalue weighted by atomic mass is 10.1. The van der Waals surface area contributed by atoms with E-state index in [4.69, 9.17) is 4.74 Å². The van der Waals surface area contributed by atoms with Gasteiger partial charge in [0.25, 0.3) is 0 Å². The molecule has 2 aromatic rings. The van der Waals surface area contributed by atoms with Gasteiger partial charge in [-0.15, -0.1) is 0 Å². The lowest BCUT2D eigenvalue weighted by Crippen LogP contribution is -2.26. The molecule has 0 saturated heterocycles. The van der Waals surface area contributed by atoms with Gasteiger partial charge >= 0.3 is 6.09 Å². The molecule has 0 saturated carbocycles. The van der Waals surface area contributed by atoms with E-state index in [0.717, 1.165) is 17.5 Å². The predicted molar refractivity (Wildman–Crippen MR) is 86.1 cm³/mol. The van der Waals surface area contributed by atoms with Crippen LogP contribution >= 0.6 is 0 Å². The van der Waals surface area contributed by atoms with E-state index in [2.05, 4.69) is 5.32 Å². The molecule has 5 nitrogen and oxygen atoms in total. The smallest absolute Gasteiger partial charge is 0.410 e. The van der Waals surface area contributed by atoms with Crippen LogP contribution in [0.2, 0.25) is 0 Å². The predicted octanol–water partition coefficient (Wildman–Crippen LogP) is 2.70. The summed E-state index contributed by atoms with van der Waals surface area (Å²) in [5, 5.41) is 2.66. The zero-order valence-corrected chi connectivity index (χ0v) is 13.3. The lowest BCUT2D eigenvalue weighted by molar-refractivity contribution is 0.200. The maximum Gasteiger partial charge on any atom is 0.412 e. The Labute approximate surface area is 135 Å². The van der Waals surface area contributed by atoms with Crippen LogP contribution in [0.1, 0.15) is 17.5 Å². The van der Waals surface area contributed by atoms with Crippen molar-refractivity contribution in [1.82, 2.24) is 5.32 Å². The summed E-state index contributed by atoms with van der Waals surface area (Å²) in [7, 11) is -3.14. The first-order valence-electron chi connectivity index (χ1n) is 7.40. The van der Waals surface area contributed by atoms with Crippen LogP contribution in [0.15, 0.2) is 53.4 Å². The third-order valence-electron chi connectivity index (χ3n) is 3.71. The average Bonchev–Trinajstić information content (AvgIpc) is 2.53. The van der Waals surface area contributed by atoms with E-state index in [-0.39, 0.29) is 5.75 Å². The molecule has 1 amide bonds. The first-order valence-corrected chi connectivity index (χ1v) is 9.05. The summed E-state index contributed by atoms with van der Waals surface area (Å²) in [6, 6.07) is 14.0. The van der Waals surface area contributed by atoms with Gasteiger partial charge in [-0.05, 0) is 42.2 Å². The molecule has 1 aliphatic heterocycles. The van der Waals surface area contributed by atoms with E-state index in [1.54, 1.807) is 36.4 Å². The second-order valence-corrected chi connectivity index (χ2v) is 7.50. The standard InChI is InChI=1S/C17H17NO4S/c19-17(22-15-6-2-1-3-7-15)18-12-13-8-9-16-14(11-13)5-4-10-23(16,20)21/h1-3,6-9,11H,4-5,10,12H2,(H,18,19). The number of hydrogen-bond acceptors (Lipinski definition) is 4. The summed E-state index contributed by atoms with van der Waals surface area (Å²) in [4.78, 5) is 12.2. The van der Waals surface area contributed by atoms with Crippen LogP contribution in [-0.4, -0.2) is 20.3 Å². The maximum absolute atomic E-state index is 12.0. The molecule has 2 aromatic carbocycles. The molecule has 0 radical (unpaired) electrons. The number of aryl methyl sites for hydroxylation is 1. The molecule has 6 heteroatoms. The highest BCUT2D eigenvalue weighted by Crippen LogP contribution is 2.25. The van der Waals surface area contributed by atoms with Crippen LogP contribution in [-0.2, 0) is 22.8 Å². The van der Waals surface area contributed by atoms with E-state index in [9.17, 15) is 13.2 Å². The molecule has 0 fully saturated rings. The Morgan fingerprint density at radius 2 is 1.91 bits per heavy atom. The van der Waals surface area contributed by atoms with Crippen LogP contribution < -0.4 is 10.1 Å². The molecule has 1 heterocycles. The molecule has 120 valence electrons. The number of rotatable bonds is 3. The maximum atomic E-state index is 12.0. The van der Waals surface area contributed by atoms with Gasteiger partial charge in [-0.1, -0.05) is 30.3 Å². The summed E-state index contributed by atoms with van der Waals surface area (Å²) >= 11 is 0. The monoisotopic (exact) mass is 331 g/mol. The number of carbonyl (C=O) groups is 1. The van der Waals surface area contributed by atoms with Crippen molar-refractivity contribution in [1.29, 1.82) is 0 Å². The zero-order valence-electron chi connectivity index (χ0n) is 12.5. The number of ether oxygens (including phenoxy) is 1. The fourth-order valence-corrected chi connectivity index (χ4v) is 4.19. The van der Waals surface area contributed by atoms with Gasteiger partial charge in [0.2, 0.25) is 0 Å². The highest BCUT2D eigenvalue weighted by Gasteiger charge is 2.23. The van der Waals surface area contributed by atoms with E-state index in [0.29, 0.717) is 23.6 Å². The Morgan fingerprint density at radius 1 is 1.13 bits per heavy atom. The number of amides is 1. The van der Waals surface area contributed by atoms with Crippen LogP contribution in [0.3, 0.4) is 0 Å². The van der Waals surface area contributed by atoms with Crippen molar-refractivity contribution in [3.8, 4) is 5.75 Å². The van der Waals surface area contributed by atoms with Gasteiger partial charge < -0.3 is 10.1 Å². The summed E-state index contributed by atoms with van der Waals surface area (Å²) in [6.45, 7) is 0.291. The van der Waals surface area contributed by atoms with Gasteiger partial charge in [-0.25, -0.2) is 13.2 Å². The molecule has 0 aliphatic carbocycles. The van der Waals surface area contributed by atoms with Crippen LogP contribution in [0.4, 0.5) is 4.79 Å². The Balaban J connectivity index is 1.64. The molecular weight excluding hydrogens is 314 g/mol. The van der Waals surface area contributed by atoms with Crippen molar-refractivity contribution in [3.63, 3.8) is 0 Å². The molecule has 23 heavy (non-hydrogen) atoms. The van der Waals surface area contributed by atoms with Crippen molar-refractivity contribution in [2.24, 2.45) is 0 Å². The first-order chi connectivity index (χ1) is 11.0. The highest BCUT2D eigenvalue weighted by molar-refractivity contribution is 7.91. The van der Waals surface area contributed by atoms with E-state index >= 15 is 0 Å². The molecule has 0 aromatic heterocycles. The first kappa shape index (κ1) is 15.6. The summed E-state index contributed by atoms with van der Waals surface area (Å²) in [6.07, 6.45) is 0.848. The molecule has 1 N–H and O–H groups in total. The number of sulfone groups is 1. The SMILES string of the molecule is O=C(NCc1ccc2c(c1)CCCS2(=O)=O)Oc1ccccc1. The number of hydrogen-bond donors (Lipinski definition) is 1. The third kappa shape index (κ3) is 3.71. The minimum atomic E-state index is -3.14. The lowest BCUT2D eigenvalue weighted by Gasteiger charge is -2.17. The summed E-state index contributed by atoms with van der Waals surface area (Å²) < 4.78 is 29.1. The fraction of sp³-hybridized carbons (Fsp3) is 0.235. The summed E-state index contributed by atoms with van der Waals surface area (Å²) in [5.41, 5.74) is 1.68. The quantitative estimate of drug-likeness (QED) is 0.938. The van der Waals surface area contributed by atoms with Crippen molar-refractivity contribution in [3.05, 3.63) is 59.7 Å². The van der Waals surface area contributed by atoms with Crippen LogP contribution in [0, 0.1) is 0 Å². The molecule has 3 rings (SSSR count). The van der Waals surface area contributed by atoms with Gasteiger partial charge in [0, 0.05) is 6.54 Å². The number of fused-ring (bicyclic) bond motifs is 1. The average molecular weight is 331 g/mol. The number of benzene rings is 2. The molecular formula is C17H17NO4S. The topological polar surface area (TPSA) is 72.5 Å². The second kappa shape index (κ2) is 6.42. The third-order valence-corrected chi connectivity index (χ3v) is 5.60. The number of nitrogens with one attached hydrogen (secondary N) is 1. The second-order valence-electron chi connectivity index (χ2n) is 5.42. The minimum absolute atomic E-state index is 0.209. The molecule has 0 unspecified atom stereocenters. The molecule has 0 bridgehead atoms. The Morgan fingerprint density at radius 3 is 2.70 bits per heavy atom. The Kier molecular flexibility index (Phi) is 4.34. The Bertz CT molecular complexity index is 816. The van der Waals surface area contributed by atoms with Gasteiger partial charge in [0.1, 0.15) is 5.75 Å². The van der Waals surface area contributed by atoms with Gasteiger partial charge in [-0.3, -0.25) is 0 Å². The van der Waals surface area contributed by atoms with Crippen molar-refractivity contribution >= 4 is 15.9 Å². The van der Waals surface area contributed by atoms with Crippen molar-refractivity contribution in [2.75, 3.05) is 5.75 Å². The van der Waals surface area contributed by atoms with Gasteiger partial charge in [0.05, 0.1) is 10.6 Å². The van der Waals surface area contributed by atoms with E-state index in [1.807, 2.05) is 12.1 Å². The van der Waals surface area contributed by atoms with Gasteiger partial charge in [-0.2, -0.15) is 0 Å². The van der Waals surface area contributed by atoms with Gasteiger partial charge in [0.15, 0.2) is 9.84 Å². The number of carbonyl (C=O) groups excluding carboxylic acids is 1. The van der Waals surface area contributed by atoms with E-state index in [1.165, 1.54) is 0 Å². The largest absolute Gasteiger partial charge is 0.412 e. The van der Waals surface area contributed by atoms with Crippen LogP contribution in [0.25, 0.3) is 0 Å². The normalized spacial score (nSPS) is 15.5. The minimum Gasteiger partial charge on any atom is -0.410 e. The summed E-state index contributed by atoms with van der Waals surface area (Å²) in [5.74, 6) is 0.683. The van der Waals surface area contributed by atoms with E-state index < -0.39 is 15.9 Å².